The smallest absolute Gasteiger partial charge is 0.258 e. The van der Waals surface area contributed by atoms with E-state index < -0.39 is 8.32 Å². The molecule has 0 spiro atoms. The molecule has 0 unspecified atom stereocenters. The van der Waals surface area contributed by atoms with Crippen LogP contribution in [-0.4, -0.2) is 39.5 Å². The van der Waals surface area contributed by atoms with Crippen molar-refractivity contribution in [1.82, 2.24) is 4.90 Å². The van der Waals surface area contributed by atoms with Gasteiger partial charge in [-0.2, -0.15) is 0 Å². The molecule has 2 rings (SSSR count). The minimum Gasteiger partial charge on any atom is -0.543 e. The average molecular weight is 376 g/mol. The third-order valence-electron chi connectivity index (χ3n) is 5.78. The minimum atomic E-state index is -1.90. The zero-order chi connectivity index (χ0) is 19.3. The number of benzene rings is 1. The predicted octanol–water partition coefficient (Wildman–Crippen LogP) is 5.93. The molecular weight excluding hydrogens is 338 g/mol. The first kappa shape index (κ1) is 21.0. The Morgan fingerprint density at radius 3 is 1.88 bits per heavy atom. The van der Waals surface area contributed by atoms with Gasteiger partial charge < -0.3 is 14.1 Å². The Kier molecular flexibility index (Phi) is 7.36. The van der Waals surface area contributed by atoms with Crippen molar-refractivity contribution in [2.24, 2.45) is 0 Å². The SMILES string of the molecule is C/C=C(/c1ccc(O[Si](C(C)C)(C(C)C)C(C)C)cc1)N1CCOCC1. The molecule has 0 bridgehead atoms. The van der Waals surface area contributed by atoms with Gasteiger partial charge in [0.2, 0.25) is 0 Å². The Hall–Kier alpha value is -1.26. The first-order valence-electron chi connectivity index (χ1n) is 10.1. The molecule has 0 aliphatic carbocycles. The lowest BCUT2D eigenvalue weighted by Gasteiger charge is -2.42. The van der Waals surface area contributed by atoms with Gasteiger partial charge in [0, 0.05) is 18.8 Å². The van der Waals surface area contributed by atoms with Gasteiger partial charge in [-0.05, 0) is 53.4 Å². The molecule has 0 atom stereocenters. The Labute approximate surface area is 161 Å². The van der Waals surface area contributed by atoms with E-state index in [1.807, 2.05) is 0 Å². The molecule has 0 amide bonds. The second-order valence-corrected chi connectivity index (χ2v) is 13.6. The predicted molar refractivity (Wildman–Crippen MR) is 114 cm³/mol. The molecule has 1 heterocycles. The van der Waals surface area contributed by atoms with Crippen molar-refractivity contribution in [2.75, 3.05) is 26.3 Å². The van der Waals surface area contributed by atoms with E-state index in [-0.39, 0.29) is 0 Å². The molecule has 1 aromatic carbocycles. The fourth-order valence-electron chi connectivity index (χ4n) is 4.59. The van der Waals surface area contributed by atoms with Crippen LogP contribution in [0.15, 0.2) is 30.3 Å². The number of nitrogens with zero attached hydrogens (tertiary/aromatic N) is 1. The lowest BCUT2D eigenvalue weighted by atomic mass is 10.1. The Bertz CT molecular complexity index is 565. The fourth-order valence-corrected chi connectivity index (χ4v) is 9.84. The Morgan fingerprint density at radius 2 is 1.46 bits per heavy atom. The zero-order valence-electron chi connectivity index (χ0n) is 17.7. The zero-order valence-corrected chi connectivity index (χ0v) is 18.7. The first-order valence-corrected chi connectivity index (χ1v) is 12.2. The van der Waals surface area contributed by atoms with Crippen molar-refractivity contribution in [3.8, 4) is 5.75 Å². The van der Waals surface area contributed by atoms with Crippen molar-refractivity contribution in [1.29, 1.82) is 0 Å². The summed E-state index contributed by atoms with van der Waals surface area (Å²) in [6.07, 6.45) is 2.20. The van der Waals surface area contributed by atoms with Crippen molar-refractivity contribution < 1.29 is 9.16 Å². The number of hydrogen-bond acceptors (Lipinski definition) is 3. The van der Waals surface area contributed by atoms with Crippen molar-refractivity contribution in [3.05, 3.63) is 35.9 Å². The van der Waals surface area contributed by atoms with Gasteiger partial charge in [0.05, 0.1) is 13.2 Å². The highest BCUT2D eigenvalue weighted by Gasteiger charge is 2.46. The van der Waals surface area contributed by atoms with Gasteiger partial charge in [-0.1, -0.05) is 47.6 Å². The number of hydrogen-bond donors (Lipinski definition) is 0. The number of morpholine rings is 1. The molecule has 0 aromatic heterocycles. The quantitative estimate of drug-likeness (QED) is 0.551. The van der Waals surface area contributed by atoms with Crippen LogP contribution >= 0.6 is 0 Å². The van der Waals surface area contributed by atoms with Crippen molar-refractivity contribution in [2.45, 2.75) is 65.1 Å². The van der Waals surface area contributed by atoms with Crippen LogP contribution in [0.2, 0.25) is 16.6 Å². The minimum absolute atomic E-state index is 0.585. The van der Waals surface area contributed by atoms with E-state index in [0.717, 1.165) is 32.1 Å². The van der Waals surface area contributed by atoms with Gasteiger partial charge in [-0.25, -0.2) is 0 Å². The summed E-state index contributed by atoms with van der Waals surface area (Å²) in [7, 11) is -1.90. The van der Waals surface area contributed by atoms with E-state index in [2.05, 4.69) is 83.7 Å². The summed E-state index contributed by atoms with van der Waals surface area (Å²) in [5, 5.41) is 0. The third kappa shape index (κ3) is 4.34. The van der Waals surface area contributed by atoms with E-state index in [1.54, 1.807) is 0 Å². The average Bonchev–Trinajstić information content (AvgIpc) is 2.61. The number of rotatable bonds is 7. The highest BCUT2D eigenvalue weighted by molar-refractivity contribution is 6.78. The van der Waals surface area contributed by atoms with Crippen LogP contribution in [0.5, 0.6) is 5.75 Å². The molecule has 1 saturated heterocycles. The van der Waals surface area contributed by atoms with Crippen LogP contribution in [0.1, 0.15) is 54.0 Å². The summed E-state index contributed by atoms with van der Waals surface area (Å²) in [6.45, 7) is 19.6. The molecule has 146 valence electrons. The van der Waals surface area contributed by atoms with E-state index in [0.29, 0.717) is 16.6 Å². The molecule has 0 saturated carbocycles. The van der Waals surface area contributed by atoms with Crippen LogP contribution in [0.4, 0.5) is 0 Å². The third-order valence-corrected chi connectivity index (χ3v) is 11.8. The molecule has 3 nitrogen and oxygen atoms in total. The van der Waals surface area contributed by atoms with E-state index in [1.165, 1.54) is 11.3 Å². The summed E-state index contributed by atoms with van der Waals surface area (Å²) in [5.74, 6) is 1.02. The summed E-state index contributed by atoms with van der Waals surface area (Å²) in [4.78, 5) is 2.41. The number of ether oxygens (including phenoxy) is 1. The molecule has 1 aromatic rings. The Balaban J connectivity index is 2.22. The Morgan fingerprint density at radius 1 is 0.962 bits per heavy atom. The molecule has 26 heavy (non-hydrogen) atoms. The normalized spacial score (nSPS) is 16.7. The maximum Gasteiger partial charge on any atom is 0.258 e. The summed E-state index contributed by atoms with van der Waals surface area (Å²) >= 11 is 0. The summed E-state index contributed by atoms with van der Waals surface area (Å²) in [5.41, 5.74) is 4.30. The number of allylic oxidation sites excluding steroid dienone is 1. The van der Waals surface area contributed by atoms with Crippen LogP contribution in [0.3, 0.4) is 0 Å². The standard InChI is InChI=1S/C22H37NO2Si/c1-8-22(23-13-15-24-16-14-23)20-9-11-21(12-10-20)25-26(17(2)3,18(4)5)19(6)7/h8-12,17-19H,13-16H2,1-7H3/b22-8-. The van der Waals surface area contributed by atoms with Crippen molar-refractivity contribution >= 4 is 14.0 Å². The molecule has 1 aliphatic heterocycles. The maximum absolute atomic E-state index is 6.79. The maximum atomic E-state index is 6.79. The van der Waals surface area contributed by atoms with Gasteiger partial charge in [-0.3, -0.25) is 0 Å². The monoisotopic (exact) mass is 375 g/mol. The topological polar surface area (TPSA) is 21.7 Å². The van der Waals surface area contributed by atoms with Crippen LogP contribution in [-0.2, 0) is 4.74 Å². The lowest BCUT2D eigenvalue weighted by Crippen LogP contribution is -2.50. The summed E-state index contributed by atoms with van der Waals surface area (Å²) < 4.78 is 12.3. The van der Waals surface area contributed by atoms with Gasteiger partial charge in [0.15, 0.2) is 0 Å². The van der Waals surface area contributed by atoms with Gasteiger partial charge in [0.1, 0.15) is 5.75 Å². The highest BCUT2D eigenvalue weighted by Crippen LogP contribution is 2.42. The van der Waals surface area contributed by atoms with Crippen LogP contribution in [0, 0.1) is 0 Å². The molecule has 4 heteroatoms. The lowest BCUT2D eigenvalue weighted by molar-refractivity contribution is 0.0639. The van der Waals surface area contributed by atoms with Crippen LogP contribution < -0.4 is 4.43 Å². The summed E-state index contributed by atoms with van der Waals surface area (Å²) in [6, 6.07) is 8.74. The van der Waals surface area contributed by atoms with E-state index in [9.17, 15) is 0 Å². The molecular formula is C22H37NO2Si. The fraction of sp³-hybridized carbons (Fsp3) is 0.636. The largest absolute Gasteiger partial charge is 0.543 e. The molecule has 1 fully saturated rings. The molecule has 1 aliphatic rings. The second kappa shape index (κ2) is 9.09. The van der Waals surface area contributed by atoms with Gasteiger partial charge in [-0.15, -0.1) is 0 Å². The van der Waals surface area contributed by atoms with E-state index >= 15 is 0 Å². The van der Waals surface area contributed by atoms with Crippen LogP contribution in [0.25, 0.3) is 5.70 Å². The second-order valence-electron chi connectivity index (χ2n) is 8.22. The van der Waals surface area contributed by atoms with Crippen molar-refractivity contribution in [3.63, 3.8) is 0 Å². The molecule has 0 radical (unpaired) electrons. The van der Waals surface area contributed by atoms with Gasteiger partial charge in [0.25, 0.3) is 8.32 Å². The molecule has 0 N–H and O–H groups in total. The highest BCUT2D eigenvalue weighted by atomic mass is 28.4. The van der Waals surface area contributed by atoms with E-state index in [4.69, 9.17) is 9.16 Å². The van der Waals surface area contributed by atoms with Gasteiger partial charge >= 0.3 is 0 Å². The first-order chi connectivity index (χ1) is 12.3.